The molecule has 4 rings (SSSR count). The van der Waals surface area contributed by atoms with E-state index in [1.54, 1.807) is 24.7 Å². The molecular weight excluding hydrogens is 318 g/mol. The monoisotopic (exact) mass is 333 g/mol. The molecule has 3 aromatic carbocycles. The van der Waals surface area contributed by atoms with Gasteiger partial charge < -0.3 is 4.74 Å². The number of nitrogens with zero attached hydrogens (tertiary/aromatic N) is 2. The quantitative estimate of drug-likeness (QED) is 0.426. The third-order valence-electron chi connectivity index (χ3n) is 3.80. The Morgan fingerprint density at radius 1 is 1.04 bits per heavy atom. The van der Waals surface area contributed by atoms with Crippen molar-refractivity contribution in [2.45, 2.75) is 0 Å². The maximum Gasteiger partial charge on any atom is 0.204 e. The normalized spacial score (nSPS) is 11.4. The molecule has 118 valence electrons. The largest absolute Gasteiger partial charge is 0.496 e. The molecule has 0 fully saturated rings. The Balaban J connectivity index is 1.66. The summed E-state index contributed by atoms with van der Waals surface area (Å²) in [5, 5.41) is 7.38. The van der Waals surface area contributed by atoms with Crippen LogP contribution in [-0.4, -0.2) is 18.3 Å². The highest BCUT2D eigenvalue weighted by Gasteiger charge is 2.06. The second-order valence-electron chi connectivity index (χ2n) is 5.26. The lowest BCUT2D eigenvalue weighted by Crippen LogP contribution is -1.95. The van der Waals surface area contributed by atoms with Gasteiger partial charge in [0.25, 0.3) is 0 Å². The van der Waals surface area contributed by atoms with Crippen molar-refractivity contribution in [1.29, 1.82) is 0 Å². The van der Waals surface area contributed by atoms with Crippen LogP contribution >= 0.6 is 11.3 Å². The molecule has 1 N–H and O–H groups in total. The number of hydrazone groups is 1. The first kappa shape index (κ1) is 14.7. The molecule has 0 unspecified atom stereocenters. The van der Waals surface area contributed by atoms with Crippen molar-refractivity contribution in [3.8, 4) is 5.75 Å². The lowest BCUT2D eigenvalue weighted by Gasteiger charge is -2.08. The zero-order valence-electron chi connectivity index (χ0n) is 13.1. The highest BCUT2D eigenvalue weighted by molar-refractivity contribution is 7.22. The molecule has 0 aliphatic carbocycles. The van der Waals surface area contributed by atoms with Crippen molar-refractivity contribution in [2.24, 2.45) is 5.10 Å². The molecule has 0 atom stereocenters. The molecule has 0 saturated carbocycles. The number of anilines is 1. The second-order valence-corrected chi connectivity index (χ2v) is 6.29. The Morgan fingerprint density at radius 3 is 2.75 bits per heavy atom. The van der Waals surface area contributed by atoms with Gasteiger partial charge in [-0.15, -0.1) is 0 Å². The first-order chi connectivity index (χ1) is 11.8. The summed E-state index contributed by atoms with van der Waals surface area (Å²) in [5.41, 5.74) is 4.94. The summed E-state index contributed by atoms with van der Waals surface area (Å²) < 4.78 is 6.61. The van der Waals surface area contributed by atoms with E-state index in [9.17, 15) is 0 Å². The fourth-order valence-corrected chi connectivity index (χ4v) is 3.47. The number of nitrogens with one attached hydrogen (secondary N) is 1. The van der Waals surface area contributed by atoms with Gasteiger partial charge in [-0.3, -0.25) is 5.43 Å². The zero-order chi connectivity index (χ0) is 16.4. The fraction of sp³-hybridized carbons (Fsp3) is 0.0526. The number of rotatable bonds is 4. The first-order valence-corrected chi connectivity index (χ1v) is 8.37. The summed E-state index contributed by atoms with van der Waals surface area (Å²) in [6, 6.07) is 20.2. The molecule has 0 aliphatic heterocycles. The Kier molecular flexibility index (Phi) is 3.84. The molecule has 4 aromatic rings. The third kappa shape index (κ3) is 2.70. The second kappa shape index (κ2) is 6.29. The number of para-hydroxylation sites is 1. The molecule has 0 amide bonds. The Bertz CT molecular complexity index is 1010. The maximum absolute atomic E-state index is 5.47. The molecule has 1 aromatic heterocycles. The number of methoxy groups -OCH3 is 1. The number of aromatic nitrogens is 1. The van der Waals surface area contributed by atoms with Crippen LogP contribution < -0.4 is 10.2 Å². The number of fused-ring (bicyclic) bond motifs is 2. The number of benzene rings is 3. The first-order valence-electron chi connectivity index (χ1n) is 7.55. The van der Waals surface area contributed by atoms with E-state index in [1.807, 2.05) is 42.5 Å². The van der Waals surface area contributed by atoms with Gasteiger partial charge in [-0.2, -0.15) is 5.10 Å². The highest BCUT2D eigenvalue weighted by Crippen LogP contribution is 2.27. The SMILES string of the molecule is COc1ccc2ccccc2c1C=NNc1nc2ccccc2s1. The van der Waals surface area contributed by atoms with Crippen LogP contribution in [0.25, 0.3) is 21.0 Å². The number of hydrogen-bond donors (Lipinski definition) is 1. The van der Waals surface area contributed by atoms with Crippen molar-refractivity contribution in [1.82, 2.24) is 4.98 Å². The summed E-state index contributed by atoms with van der Waals surface area (Å²) in [6.07, 6.45) is 1.78. The molecular formula is C19H15N3OS. The van der Waals surface area contributed by atoms with Crippen molar-refractivity contribution in [2.75, 3.05) is 12.5 Å². The van der Waals surface area contributed by atoms with E-state index >= 15 is 0 Å². The van der Waals surface area contributed by atoms with E-state index in [1.165, 1.54) is 0 Å². The number of thiazole rings is 1. The minimum atomic E-state index is 0.770. The van der Waals surface area contributed by atoms with Crippen LogP contribution in [-0.2, 0) is 0 Å². The van der Waals surface area contributed by atoms with E-state index in [4.69, 9.17) is 4.74 Å². The Morgan fingerprint density at radius 2 is 1.88 bits per heavy atom. The molecule has 4 nitrogen and oxygen atoms in total. The molecule has 0 spiro atoms. The maximum atomic E-state index is 5.47. The van der Waals surface area contributed by atoms with E-state index in [0.717, 1.165) is 37.4 Å². The standard InChI is InChI=1S/C19H15N3OS/c1-23-17-11-10-13-6-2-3-7-14(13)15(17)12-20-22-19-21-16-8-4-5-9-18(16)24-19/h2-12H,1H3,(H,21,22). The van der Waals surface area contributed by atoms with Gasteiger partial charge in [-0.1, -0.05) is 53.8 Å². The third-order valence-corrected chi connectivity index (χ3v) is 4.74. The minimum absolute atomic E-state index is 0.770. The van der Waals surface area contributed by atoms with E-state index in [-0.39, 0.29) is 0 Å². The van der Waals surface area contributed by atoms with Crippen LogP contribution in [0.4, 0.5) is 5.13 Å². The van der Waals surface area contributed by atoms with Gasteiger partial charge in [0.1, 0.15) is 5.75 Å². The van der Waals surface area contributed by atoms with E-state index in [0.29, 0.717) is 0 Å². The summed E-state index contributed by atoms with van der Waals surface area (Å²) >= 11 is 1.58. The van der Waals surface area contributed by atoms with Gasteiger partial charge >= 0.3 is 0 Å². The molecule has 0 bridgehead atoms. The molecule has 0 saturated heterocycles. The summed E-state index contributed by atoms with van der Waals surface area (Å²) in [5.74, 6) is 0.795. The van der Waals surface area contributed by atoms with Crippen LogP contribution in [0.3, 0.4) is 0 Å². The van der Waals surface area contributed by atoms with Gasteiger partial charge in [0.05, 0.1) is 23.5 Å². The van der Waals surface area contributed by atoms with Crippen LogP contribution in [0.1, 0.15) is 5.56 Å². The van der Waals surface area contributed by atoms with Crippen molar-refractivity contribution in [3.63, 3.8) is 0 Å². The predicted octanol–water partition coefficient (Wildman–Crippen LogP) is 4.90. The molecule has 0 aliphatic rings. The predicted molar refractivity (Wildman–Crippen MR) is 101 cm³/mol. The Hall–Kier alpha value is -2.92. The van der Waals surface area contributed by atoms with Gasteiger partial charge in [0.15, 0.2) is 0 Å². The van der Waals surface area contributed by atoms with Crippen LogP contribution in [0.5, 0.6) is 5.75 Å². The van der Waals surface area contributed by atoms with Crippen molar-refractivity contribution in [3.05, 3.63) is 66.2 Å². The topological polar surface area (TPSA) is 46.5 Å². The van der Waals surface area contributed by atoms with Crippen LogP contribution in [0.15, 0.2) is 65.8 Å². The number of hydrogen-bond acceptors (Lipinski definition) is 5. The lowest BCUT2D eigenvalue weighted by molar-refractivity contribution is 0.415. The smallest absolute Gasteiger partial charge is 0.204 e. The minimum Gasteiger partial charge on any atom is -0.496 e. The molecule has 1 heterocycles. The summed E-state index contributed by atoms with van der Waals surface area (Å²) in [4.78, 5) is 4.51. The summed E-state index contributed by atoms with van der Waals surface area (Å²) in [6.45, 7) is 0. The number of ether oxygens (including phenoxy) is 1. The highest BCUT2D eigenvalue weighted by atomic mass is 32.1. The van der Waals surface area contributed by atoms with Crippen LogP contribution in [0.2, 0.25) is 0 Å². The fourth-order valence-electron chi connectivity index (χ4n) is 2.66. The van der Waals surface area contributed by atoms with Crippen LogP contribution in [0, 0.1) is 0 Å². The van der Waals surface area contributed by atoms with Gasteiger partial charge in [0.2, 0.25) is 5.13 Å². The zero-order valence-corrected chi connectivity index (χ0v) is 13.9. The van der Waals surface area contributed by atoms with Gasteiger partial charge in [-0.05, 0) is 29.0 Å². The van der Waals surface area contributed by atoms with E-state index < -0.39 is 0 Å². The molecule has 5 heteroatoms. The Labute approximate surface area is 143 Å². The molecule has 0 radical (unpaired) electrons. The average molecular weight is 333 g/mol. The van der Waals surface area contributed by atoms with E-state index in [2.05, 4.69) is 33.7 Å². The summed E-state index contributed by atoms with van der Waals surface area (Å²) in [7, 11) is 1.67. The van der Waals surface area contributed by atoms with Crippen molar-refractivity contribution < 1.29 is 4.74 Å². The molecule has 24 heavy (non-hydrogen) atoms. The van der Waals surface area contributed by atoms with Gasteiger partial charge in [0, 0.05) is 5.56 Å². The average Bonchev–Trinajstić information content (AvgIpc) is 3.04. The van der Waals surface area contributed by atoms with Gasteiger partial charge in [-0.25, -0.2) is 4.98 Å². The van der Waals surface area contributed by atoms with Crippen molar-refractivity contribution >= 4 is 43.7 Å². The lowest BCUT2D eigenvalue weighted by atomic mass is 10.0.